The number of cyclic esters (lactones) is 1. The molecule has 3 unspecified atom stereocenters. The van der Waals surface area contributed by atoms with Crippen molar-refractivity contribution >= 4 is 24.0 Å². The zero-order valence-electron chi connectivity index (χ0n) is 34.9. The first kappa shape index (κ1) is 42.1. The Labute approximate surface area is 336 Å². The van der Waals surface area contributed by atoms with Gasteiger partial charge in [-0.2, -0.15) is 0 Å². The van der Waals surface area contributed by atoms with E-state index in [0.717, 1.165) is 30.4 Å². The van der Waals surface area contributed by atoms with Crippen LogP contribution in [0.1, 0.15) is 91.2 Å². The van der Waals surface area contributed by atoms with Gasteiger partial charge in [-0.05, 0) is 124 Å². The maximum absolute atomic E-state index is 13.2. The highest BCUT2D eigenvalue weighted by molar-refractivity contribution is 5.80. The molecule has 1 aliphatic heterocycles. The summed E-state index contributed by atoms with van der Waals surface area (Å²) >= 11 is 0. The van der Waals surface area contributed by atoms with E-state index in [9.17, 15) is 19.2 Å². The van der Waals surface area contributed by atoms with Crippen LogP contribution >= 0.6 is 0 Å². The lowest BCUT2D eigenvalue weighted by atomic mass is 9.43. The molecule has 13 heteroatoms. The third kappa shape index (κ3) is 9.62. The van der Waals surface area contributed by atoms with E-state index in [-0.39, 0.29) is 46.5 Å². The Balaban J connectivity index is 0.972. The molecule has 1 saturated heterocycles. The average molecular weight is 793 g/mol. The van der Waals surface area contributed by atoms with Crippen LogP contribution in [-0.4, -0.2) is 76.4 Å². The van der Waals surface area contributed by atoms with Gasteiger partial charge in [0.2, 0.25) is 6.29 Å². The highest BCUT2D eigenvalue weighted by Crippen LogP contribution is 2.66. The quantitative estimate of drug-likeness (QED) is 0.107. The number of hydrogen-bond donors (Lipinski definition) is 2. The van der Waals surface area contributed by atoms with Crippen LogP contribution in [0, 0.1) is 34.0 Å². The molecule has 312 valence electrons. The summed E-state index contributed by atoms with van der Waals surface area (Å²) in [4.78, 5) is 52.3. The van der Waals surface area contributed by atoms with Crippen LogP contribution in [0.2, 0.25) is 0 Å². The van der Waals surface area contributed by atoms with Gasteiger partial charge >= 0.3 is 24.0 Å². The summed E-state index contributed by atoms with van der Waals surface area (Å²) in [5.41, 5.74) is 0.932. The van der Waals surface area contributed by atoms with Gasteiger partial charge in [0.05, 0.1) is 39.3 Å². The van der Waals surface area contributed by atoms with Crippen LogP contribution < -0.4 is 29.6 Å². The third-order valence-corrected chi connectivity index (χ3v) is 12.4. The minimum absolute atomic E-state index is 0.0495. The predicted molar refractivity (Wildman–Crippen MR) is 210 cm³/mol. The fraction of sp³-hybridized carbons (Fsp3) is 0.636. The molecule has 0 spiro atoms. The number of carbonyl (C=O) groups excluding carboxylic acids is 4. The van der Waals surface area contributed by atoms with Crippen molar-refractivity contribution in [3.05, 3.63) is 47.5 Å². The van der Waals surface area contributed by atoms with E-state index in [4.69, 9.17) is 33.2 Å². The van der Waals surface area contributed by atoms with Crippen molar-refractivity contribution in [3.8, 4) is 23.0 Å². The molecule has 13 nitrogen and oxygen atoms in total. The zero-order valence-corrected chi connectivity index (χ0v) is 34.9. The van der Waals surface area contributed by atoms with E-state index in [1.165, 1.54) is 33.3 Å². The van der Waals surface area contributed by atoms with Gasteiger partial charge < -0.3 is 43.8 Å². The molecule has 0 radical (unpaired) electrons. The lowest BCUT2D eigenvalue weighted by Crippen LogP contribution is -2.65. The number of rotatable bonds is 16. The van der Waals surface area contributed by atoms with Crippen molar-refractivity contribution in [2.75, 3.05) is 34.5 Å². The summed E-state index contributed by atoms with van der Waals surface area (Å²) in [6.07, 6.45) is 5.81. The zero-order chi connectivity index (χ0) is 41.3. The first-order valence-electron chi connectivity index (χ1n) is 20.1. The highest BCUT2D eigenvalue weighted by Gasteiger charge is 2.60. The van der Waals surface area contributed by atoms with Gasteiger partial charge in [-0.25, -0.2) is 9.59 Å². The first-order valence-corrected chi connectivity index (χ1v) is 20.1. The number of methoxy groups -OCH3 is 3. The summed E-state index contributed by atoms with van der Waals surface area (Å²) in [6, 6.07) is 10.1. The second kappa shape index (κ2) is 16.4. The van der Waals surface area contributed by atoms with Crippen LogP contribution in [0.5, 0.6) is 23.0 Å². The molecule has 4 bridgehead atoms. The van der Waals surface area contributed by atoms with Gasteiger partial charge in [0.15, 0.2) is 23.0 Å². The summed E-state index contributed by atoms with van der Waals surface area (Å²) < 4.78 is 38.6. The molecule has 57 heavy (non-hydrogen) atoms. The van der Waals surface area contributed by atoms with E-state index in [1.807, 2.05) is 18.2 Å². The van der Waals surface area contributed by atoms with Crippen molar-refractivity contribution in [3.63, 3.8) is 0 Å². The van der Waals surface area contributed by atoms with Gasteiger partial charge in [0.1, 0.15) is 6.04 Å². The Morgan fingerprint density at radius 3 is 2.04 bits per heavy atom. The fourth-order valence-corrected chi connectivity index (χ4v) is 10.6. The molecule has 1 amide bonds. The molecule has 4 saturated carbocycles. The van der Waals surface area contributed by atoms with Gasteiger partial charge in [0, 0.05) is 24.9 Å². The molecule has 4 aliphatic carbocycles. The number of hydrogen-bond acceptors (Lipinski definition) is 12. The molecular weight excluding hydrogens is 732 g/mol. The number of ether oxygens (including phenoxy) is 7. The maximum Gasteiger partial charge on any atom is 0.410 e. The molecule has 2 N–H and O–H groups in total. The second-order valence-electron chi connectivity index (χ2n) is 18.4. The van der Waals surface area contributed by atoms with Gasteiger partial charge in [-0.3, -0.25) is 9.59 Å². The number of amides is 1. The number of benzene rings is 2. The molecule has 2 aromatic carbocycles. The minimum atomic E-state index is -1.10. The Hall–Kier alpha value is -4.52. The minimum Gasteiger partial charge on any atom is -0.493 e. The molecule has 1 heterocycles. The topological polar surface area (TPSA) is 157 Å². The Morgan fingerprint density at radius 1 is 0.825 bits per heavy atom. The van der Waals surface area contributed by atoms with E-state index in [1.54, 1.807) is 53.2 Å². The summed E-state index contributed by atoms with van der Waals surface area (Å²) in [6.45, 7) is 11.6. The summed E-state index contributed by atoms with van der Waals surface area (Å²) in [5.74, 6) is 0.566. The van der Waals surface area contributed by atoms with Crippen LogP contribution in [0.4, 0.5) is 4.79 Å². The standard InChI is InChI=1S/C44H60N2O11/c1-26(45-25-41(3,4)39(49)55-27(2)56-40(50)46-44-20-30-18-42(5,23-44)22-43(6,19-30)24-44)37(47)57-34-13-11-29(17-36(34)53-9)15-32-31(21-54-38(32)48)14-28-10-12-33(51-7)35(16-28)52-8/h10-13,16-17,26-27,30-32,45H,14-15,18-25H2,1-9H3,(H,46,50)/t26-,27?,30?,31+,32-,42?,43?,44?/m1/s1. The molecule has 6 atom stereocenters. The fourth-order valence-electron chi connectivity index (χ4n) is 10.6. The first-order chi connectivity index (χ1) is 26.9. The van der Waals surface area contributed by atoms with Gasteiger partial charge in [0.25, 0.3) is 0 Å². The second-order valence-corrected chi connectivity index (χ2v) is 18.4. The average Bonchev–Trinajstić information content (AvgIpc) is 3.46. The van der Waals surface area contributed by atoms with Crippen molar-refractivity contribution in [2.45, 2.75) is 111 Å². The molecule has 2 aromatic rings. The smallest absolute Gasteiger partial charge is 0.410 e. The van der Waals surface area contributed by atoms with Crippen molar-refractivity contribution in [1.82, 2.24) is 10.6 Å². The van der Waals surface area contributed by atoms with E-state index >= 15 is 0 Å². The molecule has 0 aromatic heterocycles. The third-order valence-electron chi connectivity index (χ3n) is 12.4. The van der Waals surface area contributed by atoms with Gasteiger partial charge in [-0.1, -0.05) is 26.0 Å². The van der Waals surface area contributed by atoms with Crippen LogP contribution in [0.25, 0.3) is 0 Å². The lowest BCUT2D eigenvalue weighted by molar-refractivity contribution is -0.176. The number of nitrogens with one attached hydrogen (secondary N) is 2. The van der Waals surface area contributed by atoms with E-state index < -0.39 is 35.8 Å². The Bertz CT molecular complexity index is 1830. The van der Waals surface area contributed by atoms with E-state index in [2.05, 4.69) is 24.5 Å². The van der Waals surface area contributed by atoms with E-state index in [0.29, 0.717) is 42.6 Å². The largest absolute Gasteiger partial charge is 0.493 e. The maximum atomic E-state index is 13.2. The Morgan fingerprint density at radius 2 is 1.42 bits per heavy atom. The van der Waals surface area contributed by atoms with Crippen LogP contribution in [0.3, 0.4) is 0 Å². The number of carbonyl (C=O) groups is 4. The van der Waals surface area contributed by atoms with Crippen LogP contribution in [-0.2, 0) is 41.4 Å². The predicted octanol–water partition coefficient (Wildman–Crippen LogP) is 6.56. The highest BCUT2D eigenvalue weighted by atomic mass is 16.7. The van der Waals surface area contributed by atoms with Crippen molar-refractivity contribution < 1.29 is 52.3 Å². The lowest BCUT2D eigenvalue weighted by Gasteiger charge is -2.65. The Kier molecular flexibility index (Phi) is 12.1. The number of esters is 3. The van der Waals surface area contributed by atoms with Crippen molar-refractivity contribution in [2.24, 2.45) is 34.0 Å². The molecule has 5 fully saturated rings. The molecule has 5 aliphatic rings. The van der Waals surface area contributed by atoms with Crippen molar-refractivity contribution in [1.29, 1.82) is 0 Å². The SMILES string of the molecule is COc1ccc(C[C@H]2COC(=O)[C@@H]2Cc2ccc(OC(=O)[C@@H](C)NCC(C)(C)C(=O)OC(C)OC(=O)NC34CC5CC(C)(CC(C)(C5)C3)C4)c(OC)c2)cc1OC. The number of alkyl carbamates (subject to hydrolysis) is 1. The molecule has 7 rings (SSSR count). The molecular formula is C44H60N2O11. The monoisotopic (exact) mass is 792 g/mol. The summed E-state index contributed by atoms with van der Waals surface area (Å²) in [7, 11) is 4.65. The summed E-state index contributed by atoms with van der Waals surface area (Å²) in [5, 5.41) is 6.25. The van der Waals surface area contributed by atoms with Crippen LogP contribution in [0.15, 0.2) is 36.4 Å². The van der Waals surface area contributed by atoms with Gasteiger partial charge in [-0.15, -0.1) is 0 Å². The normalized spacial score (nSPS) is 28.5.